The number of hydrazine groups is 1. The lowest BCUT2D eigenvalue weighted by Gasteiger charge is -2.30. The van der Waals surface area contributed by atoms with Gasteiger partial charge in [-0.15, -0.1) is 0 Å². The van der Waals surface area contributed by atoms with Crippen LogP contribution in [0.2, 0.25) is 0 Å². The van der Waals surface area contributed by atoms with Crippen LogP contribution >= 0.6 is 12.2 Å². The van der Waals surface area contributed by atoms with Crippen molar-refractivity contribution in [1.82, 2.24) is 15.8 Å². The van der Waals surface area contributed by atoms with Crippen molar-refractivity contribution >= 4 is 35.0 Å². The summed E-state index contributed by atoms with van der Waals surface area (Å²) in [5.41, 5.74) is 4.09. The number of urea groups is 1. The van der Waals surface area contributed by atoms with E-state index >= 15 is 0 Å². The molecule has 2 aliphatic rings. The number of unbranched alkanes of at least 4 members (excludes halogenated alkanes) is 1. The molecule has 1 aliphatic heterocycles. The summed E-state index contributed by atoms with van der Waals surface area (Å²) in [4.78, 5) is 25.0. The minimum atomic E-state index is -0.751. The smallest absolute Gasteiger partial charge is 0.331 e. The minimum absolute atomic E-state index is 0.225. The maximum atomic E-state index is 12.7. The van der Waals surface area contributed by atoms with Crippen molar-refractivity contribution in [3.8, 4) is 0 Å². The van der Waals surface area contributed by atoms with Crippen LogP contribution in [-0.2, 0) is 11.2 Å². The lowest BCUT2D eigenvalue weighted by atomic mass is 9.82. The van der Waals surface area contributed by atoms with Crippen molar-refractivity contribution in [2.24, 2.45) is 0 Å². The van der Waals surface area contributed by atoms with E-state index in [-0.39, 0.29) is 11.0 Å². The molecule has 1 aliphatic carbocycles. The Balaban J connectivity index is 1.57. The standard InChI is InChI=1S/C19H26N4O2S/c1-2-3-7-14-8-10-15(11-9-14)20-17(26)22-23-16(24)19(21-18(23)25)12-5-4-6-13-19/h8-11H,2-7,12-13H2,1H3,(H,21,25)(H2,20,22,26). The average molecular weight is 375 g/mol. The molecule has 1 aromatic carbocycles. The fraction of sp³-hybridized carbons (Fsp3) is 0.526. The monoisotopic (exact) mass is 374 g/mol. The van der Waals surface area contributed by atoms with Gasteiger partial charge in [-0.25, -0.2) is 4.79 Å². The second-order valence-corrected chi connectivity index (χ2v) is 7.49. The number of hydrogen-bond acceptors (Lipinski definition) is 3. The molecule has 1 saturated carbocycles. The van der Waals surface area contributed by atoms with Gasteiger partial charge in [-0.05, 0) is 55.6 Å². The Morgan fingerprint density at radius 1 is 1.19 bits per heavy atom. The zero-order valence-electron chi connectivity index (χ0n) is 15.1. The molecule has 1 aromatic rings. The molecule has 7 heteroatoms. The number of thiocarbonyl (C=S) groups is 1. The SMILES string of the molecule is CCCCc1ccc(NC(=S)NN2C(=O)NC3(CCCCC3)C2=O)cc1. The number of carbonyl (C=O) groups excluding carboxylic acids is 2. The van der Waals surface area contributed by atoms with E-state index in [1.165, 1.54) is 18.4 Å². The van der Waals surface area contributed by atoms with Gasteiger partial charge >= 0.3 is 6.03 Å². The maximum Gasteiger partial charge on any atom is 0.344 e. The molecule has 140 valence electrons. The predicted molar refractivity (Wildman–Crippen MR) is 106 cm³/mol. The molecule has 1 saturated heterocycles. The first-order valence-corrected chi connectivity index (χ1v) is 9.78. The van der Waals surface area contributed by atoms with Crippen LogP contribution < -0.4 is 16.1 Å². The maximum absolute atomic E-state index is 12.7. The Morgan fingerprint density at radius 2 is 1.88 bits per heavy atom. The normalized spacial score (nSPS) is 18.7. The number of rotatable bonds is 5. The molecule has 3 rings (SSSR count). The van der Waals surface area contributed by atoms with E-state index in [2.05, 4.69) is 35.1 Å². The third-order valence-electron chi connectivity index (χ3n) is 5.11. The van der Waals surface area contributed by atoms with Crippen LogP contribution in [-0.4, -0.2) is 27.6 Å². The summed E-state index contributed by atoms with van der Waals surface area (Å²) < 4.78 is 0. The first-order chi connectivity index (χ1) is 12.5. The van der Waals surface area contributed by atoms with Crippen LogP contribution in [0.1, 0.15) is 57.4 Å². The van der Waals surface area contributed by atoms with Gasteiger partial charge in [0.05, 0.1) is 0 Å². The summed E-state index contributed by atoms with van der Waals surface area (Å²) in [6, 6.07) is 7.59. The van der Waals surface area contributed by atoms with Crippen molar-refractivity contribution in [2.75, 3.05) is 5.32 Å². The molecule has 0 radical (unpaired) electrons. The molecule has 0 atom stereocenters. The number of carbonyl (C=O) groups is 2. The van der Waals surface area contributed by atoms with Gasteiger partial charge in [-0.2, -0.15) is 5.01 Å². The first kappa shape index (κ1) is 18.6. The summed E-state index contributed by atoms with van der Waals surface area (Å²) in [6.07, 6.45) is 7.78. The van der Waals surface area contributed by atoms with E-state index in [4.69, 9.17) is 12.2 Å². The van der Waals surface area contributed by atoms with Crippen LogP contribution in [0.3, 0.4) is 0 Å². The minimum Gasteiger partial charge on any atom is -0.331 e. The molecular weight excluding hydrogens is 348 g/mol. The Kier molecular flexibility index (Phi) is 5.76. The number of amides is 3. The molecule has 0 bridgehead atoms. The molecular formula is C19H26N4O2S. The highest BCUT2D eigenvalue weighted by molar-refractivity contribution is 7.80. The Hall–Kier alpha value is -2.15. The average Bonchev–Trinajstić information content (AvgIpc) is 2.86. The first-order valence-electron chi connectivity index (χ1n) is 9.37. The predicted octanol–water partition coefficient (Wildman–Crippen LogP) is 3.49. The largest absolute Gasteiger partial charge is 0.344 e. The zero-order chi connectivity index (χ0) is 18.6. The second-order valence-electron chi connectivity index (χ2n) is 7.08. The Labute approximate surface area is 159 Å². The van der Waals surface area contributed by atoms with E-state index in [0.717, 1.165) is 36.4 Å². The summed E-state index contributed by atoms with van der Waals surface area (Å²) in [6.45, 7) is 2.17. The van der Waals surface area contributed by atoms with E-state index in [9.17, 15) is 9.59 Å². The molecule has 2 fully saturated rings. The van der Waals surface area contributed by atoms with Gasteiger partial charge in [0.2, 0.25) is 0 Å². The van der Waals surface area contributed by atoms with Gasteiger partial charge in [-0.1, -0.05) is 44.7 Å². The molecule has 0 unspecified atom stereocenters. The molecule has 1 spiro atoms. The van der Waals surface area contributed by atoms with E-state index in [1.54, 1.807) is 0 Å². The molecule has 0 aromatic heterocycles. The molecule has 3 amide bonds. The van der Waals surface area contributed by atoms with Crippen LogP contribution in [0.25, 0.3) is 0 Å². The summed E-state index contributed by atoms with van der Waals surface area (Å²) >= 11 is 5.28. The lowest BCUT2D eigenvalue weighted by molar-refractivity contribution is -0.133. The summed E-state index contributed by atoms with van der Waals surface area (Å²) in [7, 11) is 0. The number of hydrogen-bond donors (Lipinski definition) is 3. The number of nitrogens with one attached hydrogen (secondary N) is 3. The zero-order valence-corrected chi connectivity index (χ0v) is 16.0. The van der Waals surface area contributed by atoms with Crippen LogP contribution in [0, 0.1) is 0 Å². The van der Waals surface area contributed by atoms with Crippen molar-refractivity contribution < 1.29 is 9.59 Å². The molecule has 6 nitrogen and oxygen atoms in total. The fourth-order valence-corrected chi connectivity index (χ4v) is 3.82. The van der Waals surface area contributed by atoms with E-state index < -0.39 is 11.6 Å². The third kappa shape index (κ3) is 3.98. The summed E-state index contributed by atoms with van der Waals surface area (Å²) in [5, 5.41) is 7.12. The molecule has 26 heavy (non-hydrogen) atoms. The van der Waals surface area contributed by atoms with Gasteiger partial charge in [0.15, 0.2) is 5.11 Å². The number of anilines is 1. The highest BCUT2D eigenvalue weighted by atomic mass is 32.1. The Morgan fingerprint density at radius 3 is 2.54 bits per heavy atom. The van der Waals surface area contributed by atoms with Crippen LogP contribution in [0.15, 0.2) is 24.3 Å². The van der Waals surface area contributed by atoms with Crippen molar-refractivity contribution in [3.05, 3.63) is 29.8 Å². The van der Waals surface area contributed by atoms with Crippen molar-refractivity contribution in [2.45, 2.75) is 63.8 Å². The van der Waals surface area contributed by atoms with Gasteiger partial charge in [0.25, 0.3) is 5.91 Å². The number of imide groups is 1. The van der Waals surface area contributed by atoms with Gasteiger partial charge in [0.1, 0.15) is 5.54 Å². The van der Waals surface area contributed by atoms with Gasteiger partial charge < -0.3 is 10.6 Å². The number of benzene rings is 1. The second kappa shape index (κ2) is 8.03. The number of aryl methyl sites for hydroxylation is 1. The molecule has 1 heterocycles. The van der Waals surface area contributed by atoms with Crippen LogP contribution in [0.4, 0.5) is 10.5 Å². The van der Waals surface area contributed by atoms with Gasteiger partial charge in [-0.3, -0.25) is 10.2 Å². The number of nitrogens with zero attached hydrogens (tertiary/aromatic N) is 1. The third-order valence-corrected chi connectivity index (χ3v) is 5.31. The van der Waals surface area contributed by atoms with E-state index in [0.29, 0.717) is 12.8 Å². The van der Waals surface area contributed by atoms with Gasteiger partial charge in [0, 0.05) is 5.69 Å². The fourth-order valence-electron chi connectivity index (χ4n) is 3.61. The lowest BCUT2D eigenvalue weighted by Crippen LogP contribution is -2.51. The summed E-state index contributed by atoms with van der Waals surface area (Å²) in [5.74, 6) is -0.235. The highest BCUT2D eigenvalue weighted by Crippen LogP contribution is 2.33. The van der Waals surface area contributed by atoms with E-state index in [1.807, 2.05) is 12.1 Å². The highest BCUT2D eigenvalue weighted by Gasteiger charge is 2.51. The van der Waals surface area contributed by atoms with Crippen molar-refractivity contribution in [3.63, 3.8) is 0 Å². The topological polar surface area (TPSA) is 73.5 Å². The quantitative estimate of drug-likeness (QED) is 0.543. The van der Waals surface area contributed by atoms with Crippen LogP contribution in [0.5, 0.6) is 0 Å². The molecule has 3 N–H and O–H groups in total. The Bertz CT molecular complexity index is 683. The van der Waals surface area contributed by atoms with Crippen molar-refractivity contribution in [1.29, 1.82) is 0 Å².